The molecule has 1 aromatic carbocycles. The first-order chi connectivity index (χ1) is 7.24. The van der Waals surface area contributed by atoms with Crippen molar-refractivity contribution in [3.8, 4) is 0 Å². The van der Waals surface area contributed by atoms with Crippen molar-refractivity contribution in [1.29, 1.82) is 0 Å². The van der Waals surface area contributed by atoms with E-state index >= 15 is 0 Å². The number of hydrogen-bond acceptors (Lipinski definition) is 2. The van der Waals surface area contributed by atoms with Crippen LogP contribution < -0.4 is 10.2 Å². The van der Waals surface area contributed by atoms with Gasteiger partial charge in [-0.15, -0.1) is 0 Å². The average Bonchev–Trinajstić information content (AvgIpc) is 2.25. The average molecular weight is 210 g/mol. The second kappa shape index (κ2) is 6.40. The van der Waals surface area contributed by atoms with Crippen LogP contribution in [0.2, 0.25) is 0 Å². The second-order valence-corrected chi connectivity index (χ2v) is 3.78. The van der Waals surface area contributed by atoms with E-state index in [0.717, 1.165) is 13.1 Å². The molecule has 1 rings (SSSR count). The molecule has 3 heteroatoms. The minimum Gasteiger partial charge on any atom is -0.378 e. The molecule has 0 aromatic heterocycles. The van der Waals surface area contributed by atoms with Crippen molar-refractivity contribution in [2.45, 2.75) is 13.0 Å². The molecule has 0 bridgehead atoms. The lowest BCUT2D eigenvalue weighted by Gasteiger charge is -2.12. The predicted octanol–water partition coefficient (Wildman–Crippen LogP) is 2.20. The molecule has 0 atom stereocenters. The highest BCUT2D eigenvalue weighted by molar-refractivity contribution is 5.45. The summed E-state index contributed by atoms with van der Waals surface area (Å²) in [6.45, 7) is 1.31. The number of benzene rings is 1. The van der Waals surface area contributed by atoms with E-state index in [1.165, 1.54) is 11.3 Å². The van der Waals surface area contributed by atoms with E-state index in [-0.39, 0.29) is 6.67 Å². The van der Waals surface area contributed by atoms with E-state index in [2.05, 4.69) is 34.5 Å². The summed E-state index contributed by atoms with van der Waals surface area (Å²) >= 11 is 0. The van der Waals surface area contributed by atoms with E-state index in [1.807, 2.05) is 14.1 Å². The lowest BCUT2D eigenvalue weighted by molar-refractivity contribution is 0.459. The van der Waals surface area contributed by atoms with Crippen LogP contribution in [0.25, 0.3) is 0 Å². The lowest BCUT2D eigenvalue weighted by Crippen LogP contribution is -2.15. The Hall–Kier alpha value is -1.09. The Bertz CT molecular complexity index is 269. The Morgan fingerprint density at radius 3 is 2.40 bits per heavy atom. The molecule has 2 nitrogen and oxygen atoms in total. The molecule has 0 aliphatic rings. The summed E-state index contributed by atoms with van der Waals surface area (Å²) in [5.41, 5.74) is 2.43. The quantitative estimate of drug-likeness (QED) is 0.724. The summed E-state index contributed by atoms with van der Waals surface area (Å²) in [5.74, 6) is 0. The van der Waals surface area contributed by atoms with Gasteiger partial charge in [0.1, 0.15) is 0 Å². The number of nitrogens with zero attached hydrogens (tertiary/aromatic N) is 1. The van der Waals surface area contributed by atoms with Gasteiger partial charge in [-0.2, -0.15) is 0 Å². The van der Waals surface area contributed by atoms with Crippen LogP contribution in [-0.2, 0) is 6.54 Å². The van der Waals surface area contributed by atoms with E-state index in [1.54, 1.807) is 0 Å². The van der Waals surface area contributed by atoms with Crippen molar-refractivity contribution < 1.29 is 4.39 Å². The third-order valence-corrected chi connectivity index (χ3v) is 2.27. The van der Waals surface area contributed by atoms with Gasteiger partial charge in [0.2, 0.25) is 0 Å². The summed E-state index contributed by atoms with van der Waals surface area (Å²) in [4.78, 5) is 2.07. The smallest absolute Gasteiger partial charge is 0.0906 e. The normalized spacial score (nSPS) is 10.3. The fourth-order valence-electron chi connectivity index (χ4n) is 1.34. The third-order valence-electron chi connectivity index (χ3n) is 2.27. The molecule has 15 heavy (non-hydrogen) atoms. The first-order valence-electron chi connectivity index (χ1n) is 5.27. The minimum absolute atomic E-state index is 0.243. The number of anilines is 1. The fourth-order valence-corrected chi connectivity index (χ4v) is 1.34. The van der Waals surface area contributed by atoms with Gasteiger partial charge in [-0.3, -0.25) is 4.39 Å². The highest BCUT2D eigenvalue weighted by Crippen LogP contribution is 2.11. The molecule has 0 radical (unpaired) electrons. The van der Waals surface area contributed by atoms with Crippen molar-refractivity contribution in [2.24, 2.45) is 0 Å². The molecule has 1 aromatic rings. The molecule has 0 saturated heterocycles. The third kappa shape index (κ3) is 4.30. The molecular weight excluding hydrogens is 191 g/mol. The predicted molar refractivity (Wildman–Crippen MR) is 63.1 cm³/mol. The van der Waals surface area contributed by atoms with Gasteiger partial charge in [-0.1, -0.05) is 12.1 Å². The van der Waals surface area contributed by atoms with Crippen molar-refractivity contribution in [1.82, 2.24) is 5.32 Å². The Kier molecular flexibility index (Phi) is 5.12. The first kappa shape index (κ1) is 12.0. The number of rotatable bonds is 6. The van der Waals surface area contributed by atoms with Gasteiger partial charge in [-0.05, 0) is 30.7 Å². The number of nitrogens with one attached hydrogen (secondary N) is 1. The zero-order valence-electron chi connectivity index (χ0n) is 9.46. The van der Waals surface area contributed by atoms with Crippen LogP contribution in [0, 0.1) is 0 Å². The van der Waals surface area contributed by atoms with Gasteiger partial charge >= 0.3 is 0 Å². The molecule has 0 fully saturated rings. The number of halogens is 1. The van der Waals surface area contributed by atoms with Crippen LogP contribution >= 0.6 is 0 Å². The van der Waals surface area contributed by atoms with Gasteiger partial charge in [0.05, 0.1) is 6.67 Å². The summed E-state index contributed by atoms with van der Waals surface area (Å²) in [6.07, 6.45) is 0.593. The van der Waals surface area contributed by atoms with Crippen LogP contribution in [0.4, 0.5) is 10.1 Å². The van der Waals surface area contributed by atoms with E-state index < -0.39 is 0 Å². The topological polar surface area (TPSA) is 15.3 Å². The summed E-state index contributed by atoms with van der Waals surface area (Å²) in [7, 11) is 4.04. The maximum Gasteiger partial charge on any atom is 0.0906 e. The van der Waals surface area contributed by atoms with Crippen molar-refractivity contribution >= 4 is 5.69 Å². The number of hydrogen-bond donors (Lipinski definition) is 1. The van der Waals surface area contributed by atoms with E-state index in [9.17, 15) is 4.39 Å². The molecule has 84 valence electrons. The zero-order chi connectivity index (χ0) is 11.1. The van der Waals surface area contributed by atoms with Crippen molar-refractivity contribution in [2.75, 3.05) is 32.2 Å². The van der Waals surface area contributed by atoms with Gasteiger partial charge in [-0.25, -0.2) is 0 Å². The van der Waals surface area contributed by atoms with Crippen LogP contribution in [-0.4, -0.2) is 27.3 Å². The molecule has 0 saturated carbocycles. The highest BCUT2D eigenvalue weighted by atomic mass is 19.1. The highest BCUT2D eigenvalue weighted by Gasteiger charge is 1.95. The van der Waals surface area contributed by atoms with Gasteiger partial charge in [0.15, 0.2) is 0 Å². The van der Waals surface area contributed by atoms with Crippen LogP contribution in [0.3, 0.4) is 0 Å². The summed E-state index contributed by atoms with van der Waals surface area (Å²) < 4.78 is 11.8. The Morgan fingerprint density at radius 1 is 1.20 bits per heavy atom. The van der Waals surface area contributed by atoms with Crippen LogP contribution in [0.15, 0.2) is 24.3 Å². The van der Waals surface area contributed by atoms with E-state index in [4.69, 9.17) is 0 Å². The first-order valence-corrected chi connectivity index (χ1v) is 5.27. The largest absolute Gasteiger partial charge is 0.378 e. The van der Waals surface area contributed by atoms with Gasteiger partial charge in [0, 0.05) is 26.3 Å². The van der Waals surface area contributed by atoms with E-state index in [0.29, 0.717) is 6.42 Å². The Balaban J connectivity index is 2.36. The molecule has 0 aliphatic heterocycles. The number of alkyl halides is 1. The Labute approximate surface area is 91.1 Å². The van der Waals surface area contributed by atoms with Gasteiger partial charge < -0.3 is 10.2 Å². The van der Waals surface area contributed by atoms with Gasteiger partial charge in [0.25, 0.3) is 0 Å². The summed E-state index contributed by atoms with van der Waals surface area (Å²) in [5, 5.41) is 3.20. The molecular formula is C12H19FN2. The minimum atomic E-state index is -0.243. The molecule has 0 amide bonds. The van der Waals surface area contributed by atoms with Crippen molar-refractivity contribution in [3.63, 3.8) is 0 Å². The molecule has 1 N–H and O–H groups in total. The maximum absolute atomic E-state index is 11.8. The summed E-state index contributed by atoms with van der Waals surface area (Å²) in [6, 6.07) is 8.37. The second-order valence-electron chi connectivity index (χ2n) is 3.78. The standard InChI is InChI=1S/C12H19FN2/c1-15(2)12-6-4-11(5-7-12)10-14-9-3-8-13/h4-7,14H,3,8-10H2,1-2H3. The molecule has 0 spiro atoms. The molecule has 0 aliphatic carbocycles. The SMILES string of the molecule is CN(C)c1ccc(CNCCCF)cc1. The molecule has 0 heterocycles. The monoisotopic (exact) mass is 210 g/mol. The van der Waals surface area contributed by atoms with Crippen molar-refractivity contribution in [3.05, 3.63) is 29.8 Å². The maximum atomic E-state index is 11.8. The fraction of sp³-hybridized carbons (Fsp3) is 0.500. The lowest BCUT2D eigenvalue weighted by atomic mass is 10.2. The zero-order valence-corrected chi connectivity index (χ0v) is 9.46. The van der Waals surface area contributed by atoms with Crippen LogP contribution in [0.1, 0.15) is 12.0 Å². The molecule has 0 unspecified atom stereocenters. The van der Waals surface area contributed by atoms with Crippen LogP contribution in [0.5, 0.6) is 0 Å². The Morgan fingerprint density at radius 2 is 1.87 bits per heavy atom.